The lowest BCUT2D eigenvalue weighted by molar-refractivity contribution is 1.07. The quantitative estimate of drug-likeness (QED) is 0.180. The number of hydrogen-bond acceptors (Lipinski definition) is 3. The van der Waals surface area contributed by atoms with Gasteiger partial charge in [0.1, 0.15) is 0 Å². The van der Waals surface area contributed by atoms with E-state index in [1.165, 1.54) is 48.0 Å². The molecule has 8 aromatic carbocycles. The molecule has 0 atom stereocenters. The highest BCUT2D eigenvalue weighted by atomic mass is 32.3. The molecule has 1 aliphatic rings. The second-order valence-corrected chi connectivity index (χ2v) is 17.5. The van der Waals surface area contributed by atoms with Crippen LogP contribution in [0.4, 0.5) is 0 Å². The van der Waals surface area contributed by atoms with Crippen LogP contribution in [0.15, 0.2) is 186 Å². The summed E-state index contributed by atoms with van der Waals surface area (Å²) >= 11 is 0. The van der Waals surface area contributed by atoms with Crippen LogP contribution in [0.3, 0.4) is 0 Å². The fourth-order valence-corrected chi connectivity index (χ4v) is 11.2. The molecule has 0 N–H and O–H groups in total. The van der Waals surface area contributed by atoms with Crippen LogP contribution in [-0.2, 0) is 0 Å². The molecule has 0 bridgehead atoms. The summed E-state index contributed by atoms with van der Waals surface area (Å²) in [6, 6.07) is 62.7. The van der Waals surface area contributed by atoms with E-state index in [0.29, 0.717) is 17.5 Å². The lowest BCUT2D eigenvalue weighted by Crippen LogP contribution is -2.03. The first kappa shape index (κ1) is 31.4. The van der Waals surface area contributed by atoms with Gasteiger partial charge in [0, 0.05) is 26.5 Å². The molecule has 53 heavy (non-hydrogen) atoms. The van der Waals surface area contributed by atoms with Crippen molar-refractivity contribution in [2.24, 2.45) is 0 Å². The minimum absolute atomic E-state index is 0.658. The molecule has 0 radical (unpaired) electrons. The van der Waals surface area contributed by atoms with Gasteiger partial charge in [-0.1, -0.05) is 170 Å². The summed E-state index contributed by atoms with van der Waals surface area (Å²) in [5.41, 5.74) is 10.2. The largest absolute Gasteiger partial charge is 0.208 e. The van der Waals surface area contributed by atoms with Gasteiger partial charge in [-0.05, 0) is 73.5 Å². The van der Waals surface area contributed by atoms with Crippen LogP contribution in [0.25, 0.3) is 89.1 Å². The van der Waals surface area contributed by atoms with Gasteiger partial charge in [0.15, 0.2) is 17.5 Å². The van der Waals surface area contributed by atoms with Crippen molar-refractivity contribution in [2.45, 2.75) is 9.79 Å². The smallest absolute Gasteiger partial charge is 0.165 e. The normalized spacial score (nSPS) is 13.5. The number of nitrogens with zero attached hydrogens (tertiary/aromatic N) is 3. The van der Waals surface area contributed by atoms with E-state index in [4.69, 9.17) is 15.0 Å². The van der Waals surface area contributed by atoms with E-state index in [2.05, 4.69) is 182 Å². The van der Waals surface area contributed by atoms with Gasteiger partial charge in [0.25, 0.3) is 0 Å². The van der Waals surface area contributed by atoms with Gasteiger partial charge in [-0.2, -0.15) is 10.0 Å². The van der Waals surface area contributed by atoms with E-state index in [9.17, 15) is 0 Å². The molecule has 0 spiro atoms. The topological polar surface area (TPSA) is 38.7 Å². The predicted molar refractivity (Wildman–Crippen MR) is 223 cm³/mol. The van der Waals surface area contributed by atoms with Crippen molar-refractivity contribution in [3.8, 4) is 67.5 Å². The Balaban J connectivity index is 1.15. The van der Waals surface area contributed by atoms with Crippen molar-refractivity contribution in [2.75, 3.05) is 12.5 Å². The summed E-state index contributed by atoms with van der Waals surface area (Å²) < 4.78 is 0. The third kappa shape index (κ3) is 5.25. The maximum Gasteiger partial charge on any atom is 0.165 e. The molecular weight excluding hydrogens is 663 g/mol. The van der Waals surface area contributed by atoms with E-state index in [1.807, 2.05) is 6.07 Å². The summed E-state index contributed by atoms with van der Waals surface area (Å²) in [6.07, 6.45) is 4.85. The van der Waals surface area contributed by atoms with Crippen molar-refractivity contribution in [1.29, 1.82) is 0 Å². The monoisotopic (exact) mass is 697 g/mol. The van der Waals surface area contributed by atoms with Crippen LogP contribution in [0, 0.1) is 0 Å². The highest BCUT2D eigenvalue weighted by Gasteiger charge is 2.36. The Bertz CT molecular complexity index is 2850. The van der Waals surface area contributed by atoms with Gasteiger partial charge in [0.2, 0.25) is 0 Å². The van der Waals surface area contributed by atoms with Gasteiger partial charge in [0.05, 0.1) is 0 Å². The minimum atomic E-state index is -1.42. The highest BCUT2D eigenvalue weighted by molar-refractivity contribution is 8.33. The third-order valence-corrected chi connectivity index (χ3v) is 13.5. The van der Waals surface area contributed by atoms with Gasteiger partial charge in [-0.25, -0.2) is 15.0 Å². The molecule has 0 unspecified atom stereocenters. The third-order valence-electron chi connectivity index (χ3n) is 10.6. The average Bonchev–Trinajstić information content (AvgIpc) is 3.47. The van der Waals surface area contributed by atoms with Crippen LogP contribution in [-0.4, -0.2) is 27.5 Å². The van der Waals surface area contributed by atoms with Crippen LogP contribution in [0.1, 0.15) is 0 Å². The minimum Gasteiger partial charge on any atom is -0.208 e. The van der Waals surface area contributed by atoms with E-state index in [-0.39, 0.29) is 0 Å². The molecule has 0 fully saturated rings. The molecule has 4 heteroatoms. The molecule has 3 nitrogen and oxygen atoms in total. The highest BCUT2D eigenvalue weighted by Crippen LogP contribution is 2.70. The lowest BCUT2D eigenvalue weighted by Gasteiger charge is -2.31. The number of benzene rings is 8. The first-order valence-corrected chi connectivity index (χ1v) is 20.4. The Hall–Kier alpha value is -6.36. The molecule has 0 aliphatic carbocycles. The van der Waals surface area contributed by atoms with Gasteiger partial charge >= 0.3 is 0 Å². The van der Waals surface area contributed by atoms with Crippen LogP contribution in [0.2, 0.25) is 0 Å². The number of aromatic nitrogens is 3. The summed E-state index contributed by atoms with van der Waals surface area (Å²) in [4.78, 5) is 18.5. The standard InChI is InChI=1S/C49H35N3S/c1-53(2)45-41-21-9-7-16-34(41)29-30-43(45)42-23-12-24-44(46(42)53)49-51-47(50-48(52-49)38-19-10-18-37(31-38)32-13-4-3-5-14-32)36-27-25-35(26-28-36)40-22-11-17-33-15-6-8-20-39(33)40/h3-31H,1-2H3. The summed E-state index contributed by atoms with van der Waals surface area (Å²) in [7, 11) is -1.42. The van der Waals surface area contributed by atoms with Gasteiger partial charge in [-0.15, -0.1) is 0 Å². The fourth-order valence-electron chi connectivity index (χ4n) is 8.08. The van der Waals surface area contributed by atoms with E-state index >= 15 is 0 Å². The molecule has 252 valence electrons. The Morgan fingerprint density at radius 2 is 0.849 bits per heavy atom. The first-order valence-electron chi connectivity index (χ1n) is 17.9. The van der Waals surface area contributed by atoms with Crippen molar-refractivity contribution >= 4 is 31.6 Å². The molecule has 1 aliphatic heterocycles. The fraction of sp³-hybridized carbons (Fsp3) is 0.0408. The van der Waals surface area contributed by atoms with E-state index < -0.39 is 10.0 Å². The van der Waals surface area contributed by atoms with E-state index in [0.717, 1.165) is 33.4 Å². The molecule has 0 saturated carbocycles. The van der Waals surface area contributed by atoms with Crippen molar-refractivity contribution in [3.63, 3.8) is 0 Å². The molecule has 9 aromatic rings. The van der Waals surface area contributed by atoms with Gasteiger partial charge < -0.3 is 0 Å². The molecule has 2 heterocycles. The zero-order valence-corrected chi connectivity index (χ0v) is 30.3. The average molecular weight is 698 g/mol. The predicted octanol–water partition coefficient (Wildman–Crippen LogP) is 13.0. The molecule has 0 saturated heterocycles. The van der Waals surface area contributed by atoms with Crippen molar-refractivity contribution < 1.29 is 0 Å². The number of hydrogen-bond donors (Lipinski definition) is 0. The zero-order chi connectivity index (χ0) is 35.5. The Labute approximate surface area is 311 Å². The van der Waals surface area contributed by atoms with Crippen LogP contribution in [0.5, 0.6) is 0 Å². The number of fused-ring (bicyclic) bond motifs is 6. The number of rotatable bonds is 5. The van der Waals surface area contributed by atoms with Crippen molar-refractivity contribution in [1.82, 2.24) is 15.0 Å². The molecule has 0 amide bonds. The Morgan fingerprint density at radius 3 is 1.66 bits per heavy atom. The van der Waals surface area contributed by atoms with Crippen LogP contribution >= 0.6 is 10.0 Å². The lowest BCUT2D eigenvalue weighted by atomic mass is 9.97. The summed E-state index contributed by atoms with van der Waals surface area (Å²) in [5, 5.41) is 5.07. The van der Waals surface area contributed by atoms with Gasteiger partial charge in [-0.3, -0.25) is 0 Å². The molecular formula is C49H35N3S. The second-order valence-electron chi connectivity index (χ2n) is 14.0. The summed E-state index contributed by atoms with van der Waals surface area (Å²) in [6.45, 7) is 0. The maximum absolute atomic E-state index is 5.29. The molecule has 10 rings (SSSR count). The Morgan fingerprint density at radius 1 is 0.321 bits per heavy atom. The first-order chi connectivity index (χ1) is 26.0. The SMILES string of the molecule is CS1(C)c2c(-c3nc(-c4ccc(-c5cccc6ccccc56)cc4)nc(-c4cccc(-c5ccccc5)c4)n3)cccc2-c2ccc3ccccc3c21. The Kier molecular flexibility index (Phi) is 7.34. The second kappa shape index (κ2) is 12.4. The zero-order valence-electron chi connectivity index (χ0n) is 29.5. The maximum atomic E-state index is 5.29. The van der Waals surface area contributed by atoms with Crippen LogP contribution < -0.4 is 0 Å². The molecule has 1 aromatic heterocycles. The summed E-state index contributed by atoms with van der Waals surface area (Å²) in [5.74, 6) is 2.01. The van der Waals surface area contributed by atoms with E-state index in [1.54, 1.807) is 0 Å². The van der Waals surface area contributed by atoms with Crippen molar-refractivity contribution in [3.05, 3.63) is 176 Å².